The minimum atomic E-state index is -3.50. The standard InChI is InChI=1S/C19H20N2O5S/c20-15-16-1-3-17(4-2-16)25-13-14-26-18-5-7-19(8-6-18)27(22,23)21-9-11-24-12-10-21/h1-8H,9-14H2. The van der Waals surface area contributed by atoms with Gasteiger partial charge < -0.3 is 14.2 Å². The van der Waals surface area contributed by atoms with Gasteiger partial charge in [-0.3, -0.25) is 0 Å². The predicted molar refractivity (Wildman–Crippen MR) is 98.2 cm³/mol. The molecule has 142 valence electrons. The van der Waals surface area contributed by atoms with Gasteiger partial charge in [-0.15, -0.1) is 0 Å². The summed E-state index contributed by atoms with van der Waals surface area (Å²) in [6.45, 7) is 2.22. The summed E-state index contributed by atoms with van der Waals surface area (Å²) < 4.78 is 42.8. The van der Waals surface area contributed by atoms with Crippen LogP contribution < -0.4 is 9.47 Å². The van der Waals surface area contributed by atoms with Crippen molar-refractivity contribution in [1.82, 2.24) is 4.31 Å². The summed E-state index contributed by atoms with van der Waals surface area (Å²) in [7, 11) is -3.50. The second-order valence-electron chi connectivity index (χ2n) is 5.82. The van der Waals surface area contributed by atoms with Crippen molar-refractivity contribution < 1.29 is 22.6 Å². The van der Waals surface area contributed by atoms with Gasteiger partial charge in [-0.1, -0.05) is 0 Å². The molecule has 0 amide bonds. The van der Waals surface area contributed by atoms with Crippen LogP contribution in [0.3, 0.4) is 0 Å². The number of nitriles is 1. The first kappa shape index (κ1) is 19.2. The van der Waals surface area contributed by atoms with Crippen molar-refractivity contribution in [3.8, 4) is 17.6 Å². The molecule has 0 bridgehead atoms. The number of rotatable bonds is 7. The van der Waals surface area contributed by atoms with Gasteiger partial charge >= 0.3 is 0 Å². The Morgan fingerprint density at radius 2 is 1.44 bits per heavy atom. The van der Waals surface area contributed by atoms with Crippen molar-refractivity contribution in [2.45, 2.75) is 4.90 Å². The lowest BCUT2D eigenvalue weighted by molar-refractivity contribution is 0.0730. The molecule has 2 aromatic rings. The van der Waals surface area contributed by atoms with Crippen molar-refractivity contribution in [2.24, 2.45) is 0 Å². The van der Waals surface area contributed by atoms with Crippen LogP contribution in [0.2, 0.25) is 0 Å². The minimum Gasteiger partial charge on any atom is -0.490 e. The van der Waals surface area contributed by atoms with E-state index in [1.54, 1.807) is 48.5 Å². The number of sulfonamides is 1. The number of hydrogen-bond acceptors (Lipinski definition) is 6. The molecule has 0 radical (unpaired) electrons. The van der Waals surface area contributed by atoms with Crippen LogP contribution in [-0.2, 0) is 14.8 Å². The summed E-state index contributed by atoms with van der Waals surface area (Å²) in [4.78, 5) is 0.241. The maximum absolute atomic E-state index is 12.6. The lowest BCUT2D eigenvalue weighted by Crippen LogP contribution is -2.40. The molecule has 27 heavy (non-hydrogen) atoms. The Balaban J connectivity index is 1.49. The third-order valence-electron chi connectivity index (χ3n) is 4.04. The SMILES string of the molecule is N#Cc1ccc(OCCOc2ccc(S(=O)(=O)N3CCOCC3)cc2)cc1. The Morgan fingerprint density at radius 1 is 0.926 bits per heavy atom. The van der Waals surface area contributed by atoms with Gasteiger partial charge in [0.2, 0.25) is 10.0 Å². The molecule has 3 rings (SSSR count). The molecule has 0 atom stereocenters. The lowest BCUT2D eigenvalue weighted by atomic mass is 10.2. The van der Waals surface area contributed by atoms with Crippen molar-refractivity contribution >= 4 is 10.0 Å². The van der Waals surface area contributed by atoms with Gasteiger partial charge in [-0.2, -0.15) is 9.57 Å². The molecule has 1 aliphatic rings. The van der Waals surface area contributed by atoms with E-state index in [4.69, 9.17) is 19.5 Å². The van der Waals surface area contributed by atoms with E-state index in [0.717, 1.165) is 0 Å². The molecule has 0 aromatic heterocycles. The largest absolute Gasteiger partial charge is 0.490 e. The third-order valence-corrected chi connectivity index (χ3v) is 5.95. The summed E-state index contributed by atoms with van der Waals surface area (Å²) in [6, 6.07) is 15.2. The van der Waals surface area contributed by atoms with Crippen LogP contribution in [0.1, 0.15) is 5.56 Å². The Hall–Kier alpha value is -2.60. The molecule has 0 aliphatic carbocycles. The monoisotopic (exact) mass is 388 g/mol. The van der Waals surface area contributed by atoms with Gasteiger partial charge in [0.1, 0.15) is 24.7 Å². The fourth-order valence-corrected chi connectivity index (χ4v) is 4.00. The number of hydrogen-bond donors (Lipinski definition) is 0. The Labute approximate surface area is 158 Å². The Bertz CT molecular complexity index is 883. The van der Waals surface area contributed by atoms with Crippen molar-refractivity contribution in [2.75, 3.05) is 39.5 Å². The van der Waals surface area contributed by atoms with E-state index in [2.05, 4.69) is 0 Å². The van der Waals surface area contributed by atoms with Crippen molar-refractivity contribution in [3.63, 3.8) is 0 Å². The molecular formula is C19H20N2O5S. The summed E-state index contributed by atoms with van der Waals surface area (Å²) in [6.07, 6.45) is 0. The fraction of sp³-hybridized carbons (Fsp3) is 0.316. The van der Waals surface area contributed by atoms with Gasteiger partial charge in [0, 0.05) is 13.1 Å². The molecule has 1 aliphatic heterocycles. The van der Waals surface area contributed by atoms with Crippen LogP contribution in [0.15, 0.2) is 53.4 Å². The molecule has 1 fully saturated rings. The van der Waals surface area contributed by atoms with Gasteiger partial charge in [-0.05, 0) is 48.5 Å². The zero-order chi connectivity index (χ0) is 19.1. The number of morpholine rings is 1. The van der Waals surface area contributed by atoms with E-state index >= 15 is 0 Å². The Morgan fingerprint density at radius 3 is 1.96 bits per heavy atom. The van der Waals surface area contributed by atoms with E-state index in [0.29, 0.717) is 56.6 Å². The van der Waals surface area contributed by atoms with Gasteiger partial charge in [0.25, 0.3) is 0 Å². The van der Waals surface area contributed by atoms with E-state index < -0.39 is 10.0 Å². The summed E-state index contributed by atoms with van der Waals surface area (Å²) in [5.41, 5.74) is 0.575. The molecule has 0 unspecified atom stereocenters. The maximum Gasteiger partial charge on any atom is 0.243 e. The fourth-order valence-electron chi connectivity index (χ4n) is 2.59. The van der Waals surface area contributed by atoms with Gasteiger partial charge in [-0.25, -0.2) is 8.42 Å². The smallest absolute Gasteiger partial charge is 0.243 e. The predicted octanol–water partition coefficient (Wildman–Crippen LogP) is 2.04. The average Bonchev–Trinajstić information content (AvgIpc) is 2.72. The molecule has 0 saturated carbocycles. The van der Waals surface area contributed by atoms with Gasteiger partial charge in [0.05, 0.1) is 29.7 Å². The summed E-state index contributed by atoms with van der Waals surface area (Å²) >= 11 is 0. The zero-order valence-electron chi connectivity index (χ0n) is 14.7. The number of ether oxygens (including phenoxy) is 3. The zero-order valence-corrected chi connectivity index (χ0v) is 15.5. The Kier molecular flexibility index (Phi) is 6.29. The highest BCUT2D eigenvalue weighted by molar-refractivity contribution is 7.89. The lowest BCUT2D eigenvalue weighted by Gasteiger charge is -2.26. The topological polar surface area (TPSA) is 88.9 Å². The molecule has 1 heterocycles. The first-order valence-electron chi connectivity index (χ1n) is 8.53. The minimum absolute atomic E-state index is 0.241. The molecule has 0 N–H and O–H groups in total. The van der Waals surface area contributed by atoms with Crippen LogP contribution in [0, 0.1) is 11.3 Å². The van der Waals surface area contributed by atoms with Gasteiger partial charge in [0.15, 0.2) is 0 Å². The van der Waals surface area contributed by atoms with Crippen molar-refractivity contribution in [3.05, 3.63) is 54.1 Å². The highest BCUT2D eigenvalue weighted by Gasteiger charge is 2.26. The van der Waals surface area contributed by atoms with E-state index in [1.807, 2.05) is 6.07 Å². The average molecular weight is 388 g/mol. The van der Waals surface area contributed by atoms with E-state index in [-0.39, 0.29) is 4.90 Å². The van der Waals surface area contributed by atoms with E-state index in [1.165, 1.54) is 4.31 Å². The molecule has 2 aromatic carbocycles. The number of benzene rings is 2. The third kappa shape index (κ3) is 4.98. The van der Waals surface area contributed by atoms with Crippen LogP contribution in [0.5, 0.6) is 11.5 Å². The summed E-state index contributed by atoms with van der Waals surface area (Å²) in [5, 5.41) is 8.76. The van der Waals surface area contributed by atoms with Crippen LogP contribution in [-0.4, -0.2) is 52.2 Å². The van der Waals surface area contributed by atoms with E-state index in [9.17, 15) is 8.42 Å². The molecular weight excluding hydrogens is 368 g/mol. The van der Waals surface area contributed by atoms with Crippen LogP contribution >= 0.6 is 0 Å². The van der Waals surface area contributed by atoms with Crippen molar-refractivity contribution in [1.29, 1.82) is 5.26 Å². The molecule has 0 spiro atoms. The quantitative estimate of drug-likeness (QED) is 0.675. The highest BCUT2D eigenvalue weighted by atomic mass is 32.2. The number of nitrogens with zero attached hydrogens (tertiary/aromatic N) is 2. The normalized spacial score (nSPS) is 15.1. The molecule has 1 saturated heterocycles. The highest BCUT2D eigenvalue weighted by Crippen LogP contribution is 2.20. The second-order valence-corrected chi connectivity index (χ2v) is 7.76. The second kappa shape index (κ2) is 8.86. The van der Waals surface area contributed by atoms with Crippen LogP contribution in [0.4, 0.5) is 0 Å². The first-order chi connectivity index (χ1) is 13.1. The molecule has 7 nitrogen and oxygen atoms in total. The first-order valence-corrected chi connectivity index (χ1v) is 9.97. The summed E-state index contributed by atoms with van der Waals surface area (Å²) in [5.74, 6) is 1.23. The van der Waals surface area contributed by atoms with Crippen LogP contribution in [0.25, 0.3) is 0 Å². The molecule has 8 heteroatoms. The maximum atomic E-state index is 12.6.